The molecule has 0 radical (unpaired) electrons. The van der Waals surface area contributed by atoms with Gasteiger partial charge in [-0.15, -0.1) is 0 Å². The van der Waals surface area contributed by atoms with Crippen LogP contribution in [0.1, 0.15) is 11.7 Å². The Hall–Kier alpha value is -1.64. The molecule has 15 heavy (non-hydrogen) atoms. The summed E-state index contributed by atoms with van der Waals surface area (Å²) in [6, 6.07) is 0. The second-order valence-corrected chi connectivity index (χ2v) is 2.40. The Balaban J connectivity index is 2.50. The zero-order chi connectivity index (χ0) is 11.5. The van der Waals surface area contributed by atoms with Gasteiger partial charge in [0, 0.05) is 0 Å². The molecule has 0 aromatic carbocycles. The Morgan fingerprint density at radius 3 is 2.67 bits per heavy atom. The van der Waals surface area contributed by atoms with E-state index in [2.05, 4.69) is 19.4 Å². The first-order valence-electron chi connectivity index (χ1n) is 3.59. The second kappa shape index (κ2) is 4.26. The number of hydrogen-bond donors (Lipinski definition) is 1. The third-order valence-electron chi connectivity index (χ3n) is 1.17. The van der Waals surface area contributed by atoms with Crippen LogP contribution in [0, 0.1) is 0 Å². The average molecular weight is 226 g/mol. The third-order valence-corrected chi connectivity index (χ3v) is 1.17. The lowest BCUT2D eigenvalue weighted by molar-refractivity contribution is -0.146. The normalized spacial score (nSPS) is 11.7. The Bertz CT molecular complexity index is 348. The smallest absolute Gasteiger partial charge is 0.455 e. The number of carbonyl (C=O) groups is 1. The number of carboxylic acid groups (broad SMARTS) is 1. The van der Waals surface area contributed by atoms with Gasteiger partial charge in [-0.1, -0.05) is 5.16 Å². The first kappa shape index (κ1) is 11.4. The summed E-state index contributed by atoms with van der Waals surface area (Å²) >= 11 is 0. The molecule has 0 saturated carbocycles. The number of carboxylic acids is 1. The minimum Gasteiger partial charge on any atom is -0.480 e. The first-order valence-corrected chi connectivity index (χ1v) is 3.59. The van der Waals surface area contributed by atoms with E-state index in [0.29, 0.717) is 0 Å². The molecular weight excluding hydrogens is 221 g/mol. The molecule has 0 saturated heterocycles. The predicted molar refractivity (Wildman–Crippen MR) is 36.6 cm³/mol. The van der Waals surface area contributed by atoms with E-state index in [4.69, 9.17) is 5.11 Å². The molecule has 0 fully saturated rings. The summed E-state index contributed by atoms with van der Waals surface area (Å²) < 4.78 is 44.4. The number of aliphatic carboxylic acids is 1. The van der Waals surface area contributed by atoms with Gasteiger partial charge in [-0.25, -0.2) is 4.79 Å². The van der Waals surface area contributed by atoms with Crippen LogP contribution in [-0.4, -0.2) is 27.8 Å². The van der Waals surface area contributed by atoms with Crippen molar-refractivity contribution in [3.8, 4) is 0 Å². The predicted octanol–water partition coefficient (Wildman–Crippen LogP) is 0.690. The summed E-state index contributed by atoms with van der Waals surface area (Å²) in [7, 11) is 0. The molecule has 1 rings (SSSR count). The molecule has 0 aliphatic carbocycles. The highest BCUT2D eigenvalue weighted by atomic mass is 19.4. The van der Waals surface area contributed by atoms with Crippen molar-refractivity contribution in [2.75, 3.05) is 6.61 Å². The molecule has 84 valence electrons. The van der Waals surface area contributed by atoms with Crippen LogP contribution in [-0.2, 0) is 22.3 Å². The highest BCUT2D eigenvalue weighted by molar-refractivity contribution is 5.67. The number of nitrogens with zero attached hydrogens (tertiary/aromatic N) is 2. The van der Waals surface area contributed by atoms with Crippen molar-refractivity contribution >= 4 is 5.97 Å². The molecule has 1 aromatic heterocycles. The number of rotatable bonds is 4. The van der Waals surface area contributed by atoms with E-state index in [9.17, 15) is 18.0 Å². The number of aromatic nitrogens is 2. The van der Waals surface area contributed by atoms with E-state index in [-0.39, 0.29) is 0 Å². The van der Waals surface area contributed by atoms with E-state index < -0.39 is 37.1 Å². The van der Waals surface area contributed by atoms with Gasteiger partial charge in [0.25, 0.3) is 11.7 Å². The fraction of sp³-hybridized carbons (Fsp3) is 0.500. The van der Waals surface area contributed by atoms with Crippen LogP contribution in [0.5, 0.6) is 0 Å². The quantitative estimate of drug-likeness (QED) is 0.812. The van der Waals surface area contributed by atoms with Crippen LogP contribution in [0.3, 0.4) is 0 Å². The molecule has 6 nitrogen and oxygen atoms in total. The van der Waals surface area contributed by atoms with Gasteiger partial charge in [0.1, 0.15) is 13.2 Å². The van der Waals surface area contributed by atoms with Crippen LogP contribution in [0.4, 0.5) is 13.2 Å². The van der Waals surface area contributed by atoms with Crippen molar-refractivity contribution in [1.29, 1.82) is 0 Å². The molecule has 0 bridgehead atoms. The Kier molecular flexibility index (Phi) is 3.24. The van der Waals surface area contributed by atoms with Gasteiger partial charge < -0.3 is 14.4 Å². The Morgan fingerprint density at radius 2 is 2.20 bits per heavy atom. The molecule has 0 amide bonds. The first-order chi connectivity index (χ1) is 6.89. The van der Waals surface area contributed by atoms with E-state index >= 15 is 0 Å². The summed E-state index contributed by atoms with van der Waals surface area (Å²) in [4.78, 5) is 12.9. The second-order valence-electron chi connectivity index (χ2n) is 2.40. The molecule has 0 spiro atoms. The van der Waals surface area contributed by atoms with Crippen molar-refractivity contribution < 1.29 is 32.3 Å². The van der Waals surface area contributed by atoms with E-state index in [1.807, 2.05) is 0 Å². The summed E-state index contributed by atoms with van der Waals surface area (Å²) in [5.41, 5.74) is 0. The Labute approximate surface area is 80.6 Å². The zero-order valence-electron chi connectivity index (χ0n) is 7.11. The van der Waals surface area contributed by atoms with Gasteiger partial charge in [-0.2, -0.15) is 18.2 Å². The highest BCUT2D eigenvalue weighted by Gasteiger charge is 2.37. The SMILES string of the molecule is O=C(O)COCc1nc(C(F)(F)F)no1. The minimum atomic E-state index is -4.69. The lowest BCUT2D eigenvalue weighted by Gasteiger charge is -1.96. The number of hydrogen-bond acceptors (Lipinski definition) is 5. The maximum absolute atomic E-state index is 11.9. The van der Waals surface area contributed by atoms with Crippen LogP contribution in [0.25, 0.3) is 0 Å². The van der Waals surface area contributed by atoms with Crippen LogP contribution in [0.2, 0.25) is 0 Å². The fourth-order valence-electron chi connectivity index (χ4n) is 0.654. The lowest BCUT2D eigenvalue weighted by atomic mass is 10.6. The standard InChI is InChI=1S/C6H5F3N2O4/c7-6(8,9)5-10-3(15-11-5)1-14-2-4(12)13/h1-2H2,(H,12,13). The number of alkyl halides is 3. The van der Waals surface area contributed by atoms with Gasteiger partial charge in [-0.3, -0.25) is 0 Å². The van der Waals surface area contributed by atoms with Gasteiger partial charge >= 0.3 is 12.1 Å². The molecule has 1 aromatic rings. The van der Waals surface area contributed by atoms with Crippen LogP contribution >= 0.6 is 0 Å². The van der Waals surface area contributed by atoms with E-state index in [0.717, 1.165) is 0 Å². The van der Waals surface area contributed by atoms with Crippen LogP contribution in [0.15, 0.2) is 4.52 Å². The van der Waals surface area contributed by atoms with Crippen LogP contribution < -0.4 is 0 Å². The van der Waals surface area contributed by atoms with Crippen molar-refractivity contribution in [1.82, 2.24) is 10.1 Å². The summed E-state index contributed by atoms with van der Waals surface area (Å²) in [6.07, 6.45) is -4.69. The van der Waals surface area contributed by atoms with Crippen molar-refractivity contribution in [2.24, 2.45) is 0 Å². The van der Waals surface area contributed by atoms with E-state index in [1.165, 1.54) is 0 Å². The molecule has 0 atom stereocenters. The van der Waals surface area contributed by atoms with Gasteiger partial charge in [0.15, 0.2) is 0 Å². The van der Waals surface area contributed by atoms with Crippen molar-refractivity contribution in [2.45, 2.75) is 12.8 Å². The van der Waals surface area contributed by atoms with Gasteiger partial charge in [0.2, 0.25) is 0 Å². The number of halogens is 3. The fourth-order valence-corrected chi connectivity index (χ4v) is 0.654. The molecular formula is C6H5F3N2O4. The third kappa shape index (κ3) is 3.54. The number of ether oxygens (including phenoxy) is 1. The van der Waals surface area contributed by atoms with Crippen molar-refractivity contribution in [3.63, 3.8) is 0 Å². The van der Waals surface area contributed by atoms with Gasteiger partial charge in [0.05, 0.1) is 0 Å². The molecule has 1 N–H and O–H groups in total. The molecule has 0 aliphatic rings. The monoisotopic (exact) mass is 226 g/mol. The molecule has 0 aliphatic heterocycles. The average Bonchev–Trinajstić information content (AvgIpc) is 2.51. The summed E-state index contributed by atoms with van der Waals surface area (Å²) in [6.45, 7) is -1.13. The molecule has 9 heteroatoms. The van der Waals surface area contributed by atoms with E-state index in [1.54, 1.807) is 0 Å². The molecule has 0 unspecified atom stereocenters. The van der Waals surface area contributed by atoms with Crippen molar-refractivity contribution in [3.05, 3.63) is 11.7 Å². The lowest BCUT2D eigenvalue weighted by Crippen LogP contribution is -2.08. The Morgan fingerprint density at radius 1 is 1.53 bits per heavy atom. The largest absolute Gasteiger partial charge is 0.480 e. The maximum Gasteiger partial charge on any atom is 0.455 e. The molecule has 1 heterocycles. The summed E-state index contributed by atoms with van der Waals surface area (Å²) in [5, 5.41) is 10.8. The topological polar surface area (TPSA) is 85.5 Å². The zero-order valence-corrected chi connectivity index (χ0v) is 7.11. The summed E-state index contributed by atoms with van der Waals surface area (Å²) in [5.74, 6) is -3.09. The highest BCUT2D eigenvalue weighted by Crippen LogP contribution is 2.26. The maximum atomic E-state index is 11.9. The minimum absolute atomic E-state index is 0.427. The van der Waals surface area contributed by atoms with Gasteiger partial charge in [-0.05, 0) is 0 Å².